The van der Waals surface area contributed by atoms with Crippen LogP contribution in [0.3, 0.4) is 0 Å². The summed E-state index contributed by atoms with van der Waals surface area (Å²) in [7, 11) is 0. The van der Waals surface area contributed by atoms with E-state index in [1.807, 2.05) is 0 Å². The molecular weight excluding hydrogens is 266 g/mol. The van der Waals surface area contributed by atoms with Gasteiger partial charge in [-0.2, -0.15) is 0 Å². The highest BCUT2D eigenvalue weighted by molar-refractivity contribution is 6.52. The highest BCUT2D eigenvalue weighted by atomic mass is 35.5. The van der Waals surface area contributed by atoms with Crippen LogP contribution in [0.5, 0.6) is 0 Å². The number of nitrogens with zero attached hydrogens (tertiary/aromatic N) is 2. The first-order valence-corrected chi connectivity index (χ1v) is 4.66. The molecule has 1 aromatic rings. The average Bonchev–Trinajstić information content (AvgIpc) is 2.17. The lowest BCUT2D eigenvalue weighted by Gasteiger charge is -2.06. The van der Waals surface area contributed by atoms with Gasteiger partial charge in [0.15, 0.2) is 0 Å². The molecular formula is C8Cl4N2. The Balaban J connectivity index is 3.77. The van der Waals surface area contributed by atoms with Crippen molar-refractivity contribution in [1.29, 1.82) is 0 Å². The van der Waals surface area contributed by atoms with Crippen molar-refractivity contribution in [3.8, 4) is 0 Å². The Kier molecular flexibility index (Phi) is 3.48. The predicted molar refractivity (Wildman–Crippen MR) is 59.0 cm³/mol. The summed E-state index contributed by atoms with van der Waals surface area (Å²) in [5, 5.41) is -0.159. The molecule has 6 heteroatoms. The number of benzene rings is 1. The van der Waals surface area contributed by atoms with E-state index in [4.69, 9.17) is 59.5 Å². The molecule has 0 saturated carbocycles. The molecule has 0 fully saturated rings. The van der Waals surface area contributed by atoms with Gasteiger partial charge in [-0.3, -0.25) is 0 Å². The Morgan fingerprint density at radius 2 is 0.857 bits per heavy atom. The molecule has 0 bridgehead atoms. The van der Waals surface area contributed by atoms with Gasteiger partial charge in [0.25, 0.3) is 0 Å². The van der Waals surface area contributed by atoms with Gasteiger partial charge in [0.2, 0.25) is 11.4 Å². The normalized spacial score (nSPS) is 9.29. The average molecular weight is 266 g/mol. The quantitative estimate of drug-likeness (QED) is 0.439. The van der Waals surface area contributed by atoms with Crippen LogP contribution in [0.25, 0.3) is 9.69 Å². The first kappa shape index (κ1) is 11.4. The summed E-state index contributed by atoms with van der Waals surface area (Å²) >= 11 is 22.9. The Bertz CT molecular complexity index is 408. The Hall–Kier alpha value is -0.640. The molecule has 0 atom stereocenters. The summed E-state index contributed by atoms with van der Waals surface area (Å²) in [4.78, 5) is 6.16. The highest BCUT2D eigenvalue weighted by Gasteiger charge is 2.19. The monoisotopic (exact) mass is 264 g/mol. The molecule has 14 heavy (non-hydrogen) atoms. The van der Waals surface area contributed by atoms with Crippen LogP contribution >= 0.6 is 46.4 Å². The molecule has 0 radical (unpaired) electrons. The van der Waals surface area contributed by atoms with Crippen LogP contribution in [-0.2, 0) is 0 Å². The largest absolute Gasteiger partial charge is 0.235 e. The summed E-state index contributed by atoms with van der Waals surface area (Å²) in [6.45, 7) is 13.6. The van der Waals surface area contributed by atoms with E-state index in [0.717, 1.165) is 0 Å². The molecule has 0 unspecified atom stereocenters. The Morgan fingerprint density at radius 3 is 1.00 bits per heavy atom. The van der Waals surface area contributed by atoms with Crippen molar-refractivity contribution in [3.05, 3.63) is 42.9 Å². The fourth-order valence-electron chi connectivity index (χ4n) is 0.805. The molecule has 0 spiro atoms. The number of hydrogen-bond acceptors (Lipinski definition) is 0. The molecule has 0 N–H and O–H groups in total. The van der Waals surface area contributed by atoms with E-state index in [1.165, 1.54) is 0 Å². The number of hydrogen-bond donors (Lipinski definition) is 0. The smallest absolute Gasteiger partial charge is 0.223 e. The zero-order valence-electron chi connectivity index (χ0n) is 6.41. The van der Waals surface area contributed by atoms with Crippen molar-refractivity contribution in [2.24, 2.45) is 0 Å². The summed E-state index contributed by atoms with van der Waals surface area (Å²) in [5.41, 5.74) is -0.0635. The third kappa shape index (κ3) is 1.63. The second kappa shape index (κ2) is 4.26. The molecule has 1 aromatic carbocycles. The van der Waals surface area contributed by atoms with Crippen LogP contribution in [0.1, 0.15) is 0 Å². The van der Waals surface area contributed by atoms with E-state index in [9.17, 15) is 0 Å². The maximum Gasteiger partial charge on any atom is 0.223 e. The van der Waals surface area contributed by atoms with Gasteiger partial charge in [-0.15, -0.1) is 0 Å². The van der Waals surface area contributed by atoms with Crippen molar-refractivity contribution in [2.45, 2.75) is 0 Å². The molecule has 0 heterocycles. The maximum atomic E-state index is 6.81. The van der Waals surface area contributed by atoms with Crippen molar-refractivity contribution < 1.29 is 0 Å². The van der Waals surface area contributed by atoms with Crippen molar-refractivity contribution in [1.82, 2.24) is 0 Å². The summed E-state index contributed by atoms with van der Waals surface area (Å²) < 4.78 is 0. The van der Waals surface area contributed by atoms with E-state index >= 15 is 0 Å². The zero-order valence-corrected chi connectivity index (χ0v) is 9.43. The summed E-state index contributed by atoms with van der Waals surface area (Å²) in [6, 6.07) is 0. The van der Waals surface area contributed by atoms with Gasteiger partial charge in [-0.1, -0.05) is 46.4 Å². The molecule has 1 rings (SSSR count). The first-order valence-electron chi connectivity index (χ1n) is 3.15. The number of rotatable bonds is 0. The summed E-state index contributed by atoms with van der Waals surface area (Å²) in [6.07, 6.45) is 0. The van der Waals surface area contributed by atoms with Gasteiger partial charge in [-0.25, -0.2) is 9.69 Å². The maximum absolute atomic E-state index is 6.81. The molecule has 0 aliphatic carbocycles. The van der Waals surface area contributed by atoms with Gasteiger partial charge in [0.1, 0.15) is 0 Å². The third-order valence-electron chi connectivity index (χ3n) is 1.44. The van der Waals surface area contributed by atoms with E-state index in [1.54, 1.807) is 0 Å². The second-order valence-electron chi connectivity index (χ2n) is 2.18. The van der Waals surface area contributed by atoms with Crippen LogP contribution in [0.4, 0.5) is 11.4 Å². The molecule has 0 saturated heterocycles. The van der Waals surface area contributed by atoms with E-state index in [2.05, 4.69) is 9.69 Å². The van der Waals surface area contributed by atoms with Gasteiger partial charge >= 0.3 is 0 Å². The molecule has 70 valence electrons. The van der Waals surface area contributed by atoms with Gasteiger partial charge < -0.3 is 0 Å². The van der Waals surface area contributed by atoms with Gasteiger partial charge in [0, 0.05) is 0 Å². The lowest BCUT2D eigenvalue weighted by atomic mass is 10.3. The molecule has 0 aliphatic rings. The topological polar surface area (TPSA) is 8.72 Å². The van der Waals surface area contributed by atoms with Crippen LogP contribution in [0.2, 0.25) is 20.1 Å². The molecule has 0 aliphatic heterocycles. The zero-order chi connectivity index (χ0) is 10.9. The standard InChI is InChI=1S/C8Cl4N2/c1-13-7-3(9)5(11)8(14-2)6(12)4(7)10. The van der Waals surface area contributed by atoms with Crippen molar-refractivity contribution >= 4 is 57.8 Å². The Labute approximate surface area is 101 Å². The van der Waals surface area contributed by atoms with E-state index in [0.29, 0.717) is 0 Å². The lowest BCUT2D eigenvalue weighted by molar-refractivity contribution is 1.71. The first-order chi connectivity index (χ1) is 6.54. The van der Waals surface area contributed by atoms with Crippen LogP contribution < -0.4 is 0 Å². The highest BCUT2D eigenvalue weighted by Crippen LogP contribution is 2.49. The minimum Gasteiger partial charge on any atom is -0.235 e. The molecule has 0 aromatic heterocycles. The van der Waals surface area contributed by atoms with Crippen molar-refractivity contribution in [3.63, 3.8) is 0 Å². The SMILES string of the molecule is [C-]#[N+]c1c(Cl)c(Cl)c([N+]#[C-])c(Cl)c1Cl. The fraction of sp³-hybridized carbons (Fsp3) is 0. The Morgan fingerprint density at radius 1 is 0.643 bits per heavy atom. The minimum atomic E-state index is -0.0398. The van der Waals surface area contributed by atoms with Crippen LogP contribution in [-0.4, -0.2) is 0 Å². The lowest BCUT2D eigenvalue weighted by Crippen LogP contribution is -1.76. The second-order valence-corrected chi connectivity index (χ2v) is 3.69. The third-order valence-corrected chi connectivity index (χ3v) is 3.11. The van der Waals surface area contributed by atoms with E-state index < -0.39 is 0 Å². The van der Waals surface area contributed by atoms with E-state index in [-0.39, 0.29) is 31.5 Å². The molecule has 2 nitrogen and oxygen atoms in total. The minimum absolute atomic E-state index is 0.0317. The fourth-order valence-corrected chi connectivity index (χ4v) is 1.81. The summed E-state index contributed by atoms with van der Waals surface area (Å²) in [5.74, 6) is 0. The van der Waals surface area contributed by atoms with Gasteiger partial charge in [-0.05, 0) is 0 Å². The van der Waals surface area contributed by atoms with Crippen molar-refractivity contribution in [2.75, 3.05) is 0 Å². The van der Waals surface area contributed by atoms with Crippen LogP contribution in [0, 0.1) is 13.1 Å². The number of halogens is 4. The molecule has 0 amide bonds. The predicted octanol–water partition coefficient (Wildman–Crippen LogP) is 5.40. The van der Waals surface area contributed by atoms with Gasteiger partial charge in [0.05, 0.1) is 33.2 Å². The van der Waals surface area contributed by atoms with Crippen LogP contribution in [0.15, 0.2) is 0 Å².